The molecule has 4 rings (SSSR count). The largest absolute Gasteiger partial charge is 0.508 e. The van der Waals surface area contributed by atoms with Gasteiger partial charge in [0.05, 0.1) is 17.0 Å². The Morgan fingerprint density at radius 3 is 2.75 bits per heavy atom. The van der Waals surface area contributed by atoms with Crippen LogP contribution in [0.2, 0.25) is 0 Å². The predicted octanol–water partition coefficient (Wildman–Crippen LogP) is 3.16. The Bertz CT molecular complexity index is 978. The summed E-state index contributed by atoms with van der Waals surface area (Å²) in [5.41, 5.74) is 4.10. The number of carbonyl (C=O) groups is 1. The fraction of sp³-hybridized carbons (Fsp3) is 0.333. The number of aromatic nitrogens is 3. The molecule has 144 valence electrons. The quantitative estimate of drug-likeness (QED) is 0.750. The molecule has 0 unspecified atom stereocenters. The normalized spacial score (nSPS) is 16.5. The van der Waals surface area contributed by atoms with Crippen LogP contribution in [-0.2, 0) is 6.42 Å². The molecule has 1 aliphatic heterocycles. The maximum atomic E-state index is 12.6. The second-order valence-electron chi connectivity index (χ2n) is 7.25. The Hall–Kier alpha value is -3.22. The van der Waals surface area contributed by atoms with E-state index < -0.39 is 0 Å². The summed E-state index contributed by atoms with van der Waals surface area (Å²) in [5, 5.41) is 13.4. The van der Waals surface area contributed by atoms with Crippen LogP contribution < -0.4 is 0 Å². The summed E-state index contributed by atoms with van der Waals surface area (Å²) in [6.07, 6.45) is 3.30. The monoisotopic (exact) mass is 378 g/mol. The maximum Gasteiger partial charge on any atom is 0.253 e. The van der Waals surface area contributed by atoms with Crippen molar-refractivity contribution in [3.05, 3.63) is 59.4 Å². The molecule has 2 aromatic heterocycles. The molecular weight excluding hydrogens is 356 g/mol. The Labute approximate surface area is 163 Å². The molecule has 7 nitrogen and oxygen atoms in total. The van der Waals surface area contributed by atoms with Crippen molar-refractivity contribution in [3.63, 3.8) is 0 Å². The average Bonchev–Trinajstić information content (AvgIpc) is 3.28. The van der Waals surface area contributed by atoms with E-state index in [1.54, 1.807) is 18.5 Å². The van der Waals surface area contributed by atoms with Crippen molar-refractivity contribution in [3.8, 4) is 17.0 Å². The number of phenols is 1. The van der Waals surface area contributed by atoms with Crippen molar-refractivity contribution in [1.82, 2.24) is 20.0 Å². The topological polar surface area (TPSA) is 92.4 Å². The first-order chi connectivity index (χ1) is 13.5. The number of aryl methyl sites for hydroxylation is 2. The van der Waals surface area contributed by atoms with E-state index in [0.717, 1.165) is 47.8 Å². The molecule has 0 radical (unpaired) electrons. The predicted molar refractivity (Wildman–Crippen MR) is 103 cm³/mol. The van der Waals surface area contributed by atoms with Gasteiger partial charge in [-0.15, -0.1) is 0 Å². The lowest BCUT2D eigenvalue weighted by Gasteiger charge is -2.16. The van der Waals surface area contributed by atoms with E-state index in [9.17, 15) is 9.90 Å². The number of nitrogens with zero attached hydrogens (tertiary/aromatic N) is 4. The van der Waals surface area contributed by atoms with Crippen LogP contribution in [0.4, 0.5) is 0 Å². The number of benzene rings is 1. The number of likely N-dealkylation sites (tertiary alicyclic amines) is 1. The maximum absolute atomic E-state index is 12.6. The van der Waals surface area contributed by atoms with Crippen LogP contribution in [0.3, 0.4) is 0 Å². The molecule has 3 aromatic rings. The number of rotatable bonds is 4. The summed E-state index contributed by atoms with van der Waals surface area (Å²) in [7, 11) is 0. The first-order valence-corrected chi connectivity index (χ1v) is 9.33. The summed E-state index contributed by atoms with van der Waals surface area (Å²) in [5.74, 6) is 1.26. The summed E-state index contributed by atoms with van der Waals surface area (Å²) in [6.45, 7) is 5.20. The molecular formula is C21H22N4O3. The average molecular weight is 378 g/mol. The Morgan fingerprint density at radius 2 is 2.04 bits per heavy atom. The molecule has 28 heavy (non-hydrogen) atoms. The highest BCUT2D eigenvalue weighted by Gasteiger charge is 2.27. The Morgan fingerprint density at radius 1 is 1.25 bits per heavy atom. The van der Waals surface area contributed by atoms with Gasteiger partial charge in [-0.25, -0.2) is 9.97 Å². The van der Waals surface area contributed by atoms with Gasteiger partial charge in [0.25, 0.3) is 5.91 Å². The number of phenolic OH excluding ortho intramolecular Hbond substituents is 1. The number of aromatic hydroxyl groups is 1. The third-order valence-electron chi connectivity index (χ3n) is 5.20. The molecule has 0 saturated carbocycles. The standard InChI is InChI=1S/C21H22N4O3/c1-13-20(14(2)28-24-13)19-10-17(22-12-23-19)9-15-7-8-25(11-15)21(27)16-3-5-18(26)6-4-16/h3-6,10,12,15,26H,7-9,11H2,1-2H3/t15-/m1/s1. The van der Waals surface area contributed by atoms with Gasteiger partial charge >= 0.3 is 0 Å². The summed E-state index contributed by atoms with van der Waals surface area (Å²) >= 11 is 0. The molecule has 0 spiro atoms. The van der Waals surface area contributed by atoms with Gasteiger partial charge in [0.1, 0.15) is 17.8 Å². The SMILES string of the molecule is Cc1noc(C)c1-c1cc(C[C@H]2CCN(C(=O)c3ccc(O)cc3)C2)ncn1. The van der Waals surface area contributed by atoms with Crippen molar-refractivity contribution in [1.29, 1.82) is 0 Å². The van der Waals surface area contributed by atoms with Crippen molar-refractivity contribution < 1.29 is 14.4 Å². The third-order valence-corrected chi connectivity index (χ3v) is 5.20. The minimum atomic E-state index is 0.00148. The molecule has 1 saturated heterocycles. The lowest BCUT2D eigenvalue weighted by atomic mass is 10.0. The van der Waals surface area contributed by atoms with E-state index in [-0.39, 0.29) is 11.7 Å². The van der Waals surface area contributed by atoms with Gasteiger partial charge in [0.2, 0.25) is 0 Å². The van der Waals surface area contributed by atoms with Crippen molar-refractivity contribution in [2.45, 2.75) is 26.7 Å². The Balaban J connectivity index is 1.44. The molecule has 1 amide bonds. The number of carbonyl (C=O) groups excluding carboxylic acids is 1. The molecule has 1 aromatic carbocycles. The van der Waals surface area contributed by atoms with Crippen LogP contribution in [0.15, 0.2) is 41.2 Å². The lowest BCUT2D eigenvalue weighted by molar-refractivity contribution is 0.0787. The van der Waals surface area contributed by atoms with Crippen molar-refractivity contribution in [2.75, 3.05) is 13.1 Å². The molecule has 1 atom stereocenters. The molecule has 1 aliphatic rings. The van der Waals surface area contributed by atoms with Crippen LogP contribution in [0, 0.1) is 19.8 Å². The van der Waals surface area contributed by atoms with Crippen LogP contribution in [0.25, 0.3) is 11.3 Å². The van der Waals surface area contributed by atoms with Crippen LogP contribution >= 0.6 is 0 Å². The van der Waals surface area contributed by atoms with Gasteiger partial charge in [-0.2, -0.15) is 0 Å². The van der Waals surface area contributed by atoms with E-state index >= 15 is 0 Å². The van der Waals surface area contributed by atoms with Gasteiger partial charge < -0.3 is 14.5 Å². The van der Waals surface area contributed by atoms with Crippen LogP contribution in [0.5, 0.6) is 5.75 Å². The van der Waals surface area contributed by atoms with Gasteiger partial charge in [0, 0.05) is 24.3 Å². The van der Waals surface area contributed by atoms with Crippen molar-refractivity contribution in [2.24, 2.45) is 5.92 Å². The van der Waals surface area contributed by atoms with Gasteiger partial charge in [0.15, 0.2) is 0 Å². The zero-order chi connectivity index (χ0) is 19.7. The second-order valence-corrected chi connectivity index (χ2v) is 7.25. The van der Waals surface area contributed by atoms with Gasteiger partial charge in [-0.3, -0.25) is 4.79 Å². The molecule has 7 heteroatoms. The van der Waals surface area contributed by atoms with Crippen LogP contribution in [0.1, 0.15) is 33.9 Å². The van der Waals surface area contributed by atoms with E-state index in [0.29, 0.717) is 18.0 Å². The number of hydrogen-bond donors (Lipinski definition) is 1. The Kier molecular flexibility index (Phi) is 4.81. The molecule has 1 fully saturated rings. The van der Waals surface area contributed by atoms with Crippen molar-refractivity contribution >= 4 is 5.91 Å². The van der Waals surface area contributed by atoms with Crippen LogP contribution in [-0.4, -0.2) is 44.1 Å². The fourth-order valence-electron chi connectivity index (χ4n) is 3.76. The van der Waals surface area contributed by atoms with E-state index in [2.05, 4.69) is 15.1 Å². The minimum absolute atomic E-state index is 0.00148. The fourth-order valence-corrected chi connectivity index (χ4v) is 3.76. The number of hydrogen-bond acceptors (Lipinski definition) is 6. The highest BCUT2D eigenvalue weighted by molar-refractivity contribution is 5.94. The zero-order valence-electron chi connectivity index (χ0n) is 15.9. The van der Waals surface area contributed by atoms with Gasteiger partial charge in [-0.1, -0.05) is 5.16 Å². The van der Waals surface area contributed by atoms with Gasteiger partial charge in [-0.05, 0) is 62.9 Å². The summed E-state index contributed by atoms with van der Waals surface area (Å²) in [6, 6.07) is 8.38. The summed E-state index contributed by atoms with van der Waals surface area (Å²) < 4.78 is 5.24. The minimum Gasteiger partial charge on any atom is -0.508 e. The smallest absolute Gasteiger partial charge is 0.253 e. The van der Waals surface area contributed by atoms with E-state index in [1.807, 2.05) is 24.8 Å². The lowest BCUT2D eigenvalue weighted by Crippen LogP contribution is -2.28. The molecule has 1 N–H and O–H groups in total. The zero-order valence-corrected chi connectivity index (χ0v) is 15.9. The third kappa shape index (κ3) is 3.60. The molecule has 0 aliphatic carbocycles. The summed E-state index contributed by atoms with van der Waals surface area (Å²) in [4.78, 5) is 23.3. The van der Waals surface area contributed by atoms with E-state index in [1.165, 1.54) is 12.1 Å². The highest BCUT2D eigenvalue weighted by atomic mass is 16.5. The molecule has 0 bridgehead atoms. The highest BCUT2D eigenvalue weighted by Crippen LogP contribution is 2.27. The number of amides is 1. The van der Waals surface area contributed by atoms with E-state index in [4.69, 9.17) is 4.52 Å². The molecule has 3 heterocycles. The second kappa shape index (κ2) is 7.42. The first-order valence-electron chi connectivity index (χ1n) is 9.33. The first kappa shape index (κ1) is 18.2.